The molecule has 11 aromatic carbocycles. The topological polar surface area (TPSA) is 3.24 Å². The zero-order chi connectivity index (χ0) is 84.5. The SMILES string of the molecule is [2H]c1cc2c(cc1N(c1cc([2H])c(-c3c([2H])c([2H])c4c([2H])ccc([2H])c4c3-c3c([2H])c([2H])c4c(c3[2H])-c3cc([2H])c([2H])c([2H])c3C4(C([2H])([2H])[2H])C([2H])([2H])[2H])c([2H])c1[2H])c1c([2H])c([2H])c3c(c1[2H])C(c1ccc([2H])c([2H])c1[2H])(c1c([2H])c([2H])cc([2H])c1[2H])c1cc([2H])c([2H])c([2H])c1-3)C(C([2H])([2H])[2H])(C([2H])([2H])[2H])c1cc([2H])c([2H])c([2H])c1-2. The summed E-state index contributed by atoms with van der Waals surface area (Å²) in [6.07, 6.45) is 0. The molecular formula is C71H53N. The van der Waals surface area contributed by atoms with Crippen molar-refractivity contribution in [3.8, 4) is 55.6 Å². The molecule has 0 spiro atoms. The molecule has 3 aliphatic carbocycles. The van der Waals surface area contributed by atoms with Gasteiger partial charge in [-0.15, -0.1) is 0 Å². The molecule has 1 atom stereocenters. The van der Waals surface area contributed by atoms with Crippen molar-refractivity contribution in [1.29, 1.82) is 0 Å². The van der Waals surface area contributed by atoms with Gasteiger partial charge in [0.05, 0.1) is 46.5 Å². The smallest absolute Gasteiger partial charge is 0.0714 e. The average Bonchev–Trinajstić information content (AvgIpc) is 1.50. The van der Waals surface area contributed by atoms with Crippen LogP contribution in [-0.2, 0) is 16.2 Å². The predicted molar refractivity (Wildman–Crippen MR) is 302 cm³/mol. The van der Waals surface area contributed by atoms with Crippen LogP contribution in [-0.4, -0.2) is 0 Å². The number of nitrogens with zero attached hydrogens (tertiary/aromatic N) is 1. The standard InChI is InChI=1S/C71H53N/c1-69(2)63-29-17-14-27-58(63)61-43-48(34-42-64(61)69)68-54-24-12-11-19-46(54)33-39-55(68)47-31-35-51(36-32-47)72(52-37-40-59-56-25-13-16-28-62(56)70(3,4)66(59)44-52)53-38-41-60-57-26-15-18-30-65(57)71(67(60)45-53,49-20-7-5-8-21-49)50-22-9-6-10-23-50/h5-45H,1-4H3/i1D3,2D3,3D3,4D3,5D,7D,9D,10D,13D,14D,15D,16D,17D,18D,19D,20D,22D,23D,24D,25D,26D,29D,31D,32D,33D,34D,35D,37D,38D,39D,41D,42D,43D,45D. The van der Waals surface area contributed by atoms with Gasteiger partial charge in [0.1, 0.15) is 0 Å². The van der Waals surface area contributed by atoms with Gasteiger partial charge in [-0.3, -0.25) is 0 Å². The van der Waals surface area contributed by atoms with Crippen molar-refractivity contribution in [2.75, 3.05) is 4.90 Å². The Morgan fingerprint density at radius 3 is 1.93 bits per heavy atom. The zero-order valence-corrected chi connectivity index (χ0v) is 36.8. The molecule has 0 saturated carbocycles. The molecule has 0 bridgehead atoms. The minimum atomic E-state index is -3.86. The molecule has 0 N–H and O–H groups in total. The Balaban J connectivity index is 1.19. The molecule has 72 heavy (non-hydrogen) atoms. The van der Waals surface area contributed by atoms with Crippen molar-refractivity contribution in [3.05, 3.63) is 293 Å². The van der Waals surface area contributed by atoms with Crippen LogP contribution in [0.2, 0.25) is 0 Å². The quantitative estimate of drug-likeness (QED) is 0.154. The van der Waals surface area contributed by atoms with E-state index in [0.717, 1.165) is 54.6 Å². The van der Waals surface area contributed by atoms with E-state index in [4.69, 9.17) is 24.7 Å². The Morgan fingerprint density at radius 2 is 1.06 bits per heavy atom. The van der Waals surface area contributed by atoms with Gasteiger partial charge in [0.15, 0.2) is 0 Å². The monoisotopic (exact) mass is 962 g/mol. The van der Waals surface area contributed by atoms with E-state index in [1.165, 1.54) is 0 Å². The third kappa shape index (κ3) is 6.01. The molecule has 1 unspecified atom stereocenters. The number of benzene rings is 11. The number of anilines is 3. The summed E-state index contributed by atoms with van der Waals surface area (Å²) in [5.74, 6) is 0. The summed E-state index contributed by atoms with van der Waals surface area (Å²) in [7, 11) is 0. The highest BCUT2D eigenvalue weighted by Crippen LogP contribution is 2.58. The van der Waals surface area contributed by atoms with Gasteiger partial charge in [0.2, 0.25) is 0 Å². The van der Waals surface area contributed by atoms with Gasteiger partial charge in [-0.05, 0) is 153 Å². The van der Waals surface area contributed by atoms with Gasteiger partial charge in [0.25, 0.3) is 0 Å². The third-order valence-electron chi connectivity index (χ3n) is 13.3. The summed E-state index contributed by atoms with van der Waals surface area (Å²) in [6.45, 7) is -15.4. The summed E-state index contributed by atoms with van der Waals surface area (Å²) in [5.41, 5.74) is -27.7. The average molecular weight is 962 g/mol. The van der Waals surface area contributed by atoms with Gasteiger partial charge in [-0.1, -0.05) is 233 Å². The van der Waals surface area contributed by atoms with Crippen molar-refractivity contribution >= 4 is 27.8 Å². The second-order valence-corrected chi connectivity index (χ2v) is 17.1. The van der Waals surface area contributed by atoms with Crippen LogP contribution in [0.1, 0.15) is 129 Å². The summed E-state index contributed by atoms with van der Waals surface area (Å²) < 4.78 is 396. The van der Waals surface area contributed by atoms with E-state index in [0.29, 0.717) is 17.0 Å². The van der Waals surface area contributed by atoms with Crippen LogP contribution in [0.15, 0.2) is 248 Å². The maximum Gasteiger partial charge on any atom is 0.0714 e. The van der Waals surface area contributed by atoms with Crippen LogP contribution < -0.4 is 4.90 Å². The Labute approximate surface area is 482 Å². The van der Waals surface area contributed by atoms with Crippen LogP contribution in [0.4, 0.5) is 17.1 Å². The van der Waals surface area contributed by atoms with E-state index < -0.39 is 353 Å². The van der Waals surface area contributed by atoms with Crippen molar-refractivity contribution in [1.82, 2.24) is 0 Å². The molecule has 0 aliphatic heterocycles. The van der Waals surface area contributed by atoms with Crippen LogP contribution in [0.3, 0.4) is 0 Å². The van der Waals surface area contributed by atoms with E-state index in [-0.39, 0.29) is 0 Å². The summed E-state index contributed by atoms with van der Waals surface area (Å²) in [4.78, 5) is 0.506. The molecule has 0 fully saturated rings. The van der Waals surface area contributed by atoms with Gasteiger partial charge < -0.3 is 4.90 Å². The fourth-order valence-electron chi connectivity index (χ4n) is 10.1. The minimum absolute atomic E-state index is 0.506. The zero-order valence-electron chi connectivity index (χ0n) is 78.8. The number of fused-ring (bicyclic) bond motifs is 10. The Hall–Kier alpha value is -8.52. The van der Waals surface area contributed by atoms with Crippen molar-refractivity contribution in [3.63, 3.8) is 0 Å². The Bertz CT molecular complexity index is 6210. The Morgan fingerprint density at radius 1 is 0.361 bits per heavy atom. The van der Waals surface area contributed by atoms with Crippen molar-refractivity contribution in [2.45, 2.75) is 43.7 Å². The first-order chi connectivity index (χ1) is 52.6. The fraction of sp³-hybridized carbons (Fsp3) is 0.0986. The van der Waals surface area contributed by atoms with Crippen LogP contribution in [0.5, 0.6) is 0 Å². The van der Waals surface area contributed by atoms with Crippen LogP contribution in [0, 0.1) is 0 Å². The second-order valence-electron chi connectivity index (χ2n) is 17.1. The third-order valence-corrected chi connectivity index (χ3v) is 13.3. The van der Waals surface area contributed by atoms with Gasteiger partial charge >= 0.3 is 0 Å². The first-order valence-electron chi connectivity index (χ1n) is 43.0. The molecular weight excluding hydrogens is 867 g/mol. The highest BCUT2D eigenvalue weighted by atomic mass is 15.1. The molecule has 1 nitrogen and oxygen atoms in total. The molecule has 11 aromatic rings. The number of hydrogen-bond acceptors (Lipinski definition) is 1. The Kier molecular flexibility index (Phi) is 3.86. The lowest BCUT2D eigenvalue weighted by Crippen LogP contribution is -2.28. The fourth-order valence-corrected chi connectivity index (χ4v) is 10.1. The lowest BCUT2D eigenvalue weighted by Gasteiger charge is -2.35. The lowest BCUT2D eigenvalue weighted by atomic mass is 9.67. The van der Waals surface area contributed by atoms with Crippen molar-refractivity contribution < 1.29 is 57.6 Å². The summed E-state index contributed by atoms with van der Waals surface area (Å²) in [6, 6.07) is -21.0. The molecule has 14 rings (SSSR count). The van der Waals surface area contributed by atoms with Gasteiger partial charge in [-0.25, -0.2) is 0 Å². The maximum absolute atomic E-state index is 11.0. The van der Waals surface area contributed by atoms with E-state index in [1.54, 1.807) is 0 Å². The van der Waals surface area contributed by atoms with Gasteiger partial charge in [-0.2, -0.15) is 0 Å². The first-order valence-corrected chi connectivity index (χ1v) is 22.0. The minimum Gasteiger partial charge on any atom is -0.310 e. The van der Waals surface area contributed by atoms with E-state index in [1.807, 2.05) is 0 Å². The van der Waals surface area contributed by atoms with Crippen LogP contribution in [0.25, 0.3) is 66.4 Å². The molecule has 0 amide bonds. The molecule has 0 heterocycles. The highest BCUT2D eigenvalue weighted by Gasteiger charge is 2.46. The maximum atomic E-state index is 11.0. The first kappa shape index (κ1) is 17.7. The predicted octanol–water partition coefficient (Wildman–Crippen LogP) is 18.6. The lowest BCUT2D eigenvalue weighted by molar-refractivity contribution is 0.660. The van der Waals surface area contributed by atoms with Gasteiger partial charge in [0, 0.05) is 44.3 Å². The molecule has 0 radical (unpaired) electrons. The number of rotatable bonds is 7. The molecule has 0 aromatic heterocycles. The second kappa shape index (κ2) is 15.7. The molecule has 1 heteroatoms. The molecule has 0 saturated heterocycles. The molecule has 3 aliphatic rings. The highest BCUT2D eigenvalue weighted by molar-refractivity contribution is 6.05. The van der Waals surface area contributed by atoms with E-state index >= 15 is 0 Å². The van der Waals surface area contributed by atoms with E-state index in [2.05, 4.69) is 0 Å². The van der Waals surface area contributed by atoms with Crippen LogP contribution >= 0.6 is 0 Å². The normalized spacial score (nSPS) is 25.1. The van der Waals surface area contributed by atoms with Crippen molar-refractivity contribution in [2.24, 2.45) is 0 Å². The number of hydrogen-bond donors (Lipinski definition) is 0. The largest absolute Gasteiger partial charge is 0.310 e. The summed E-state index contributed by atoms with van der Waals surface area (Å²) >= 11 is 0. The molecule has 342 valence electrons. The summed E-state index contributed by atoms with van der Waals surface area (Å²) in [5, 5.41) is -1.29. The van der Waals surface area contributed by atoms with E-state index in [9.17, 15) is 32.9 Å².